The molecule has 1 aromatic heterocycles. The minimum absolute atomic E-state index is 0. The van der Waals surface area contributed by atoms with Crippen molar-refractivity contribution in [2.24, 2.45) is 4.99 Å². The molecule has 0 amide bonds. The Balaban J connectivity index is 0.00000256. The highest BCUT2D eigenvalue weighted by Crippen LogP contribution is 2.19. The second-order valence-corrected chi connectivity index (χ2v) is 7.68. The third-order valence-electron chi connectivity index (χ3n) is 5.54. The molecule has 1 saturated heterocycles. The molecule has 0 bridgehead atoms. The van der Waals surface area contributed by atoms with Crippen LogP contribution in [0.2, 0.25) is 0 Å². The number of hydrogen-bond donors (Lipinski definition) is 2. The van der Waals surface area contributed by atoms with Crippen molar-refractivity contribution >= 4 is 40.9 Å². The van der Waals surface area contributed by atoms with E-state index >= 15 is 0 Å². The van der Waals surface area contributed by atoms with Gasteiger partial charge in [0, 0.05) is 51.1 Å². The molecule has 1 aliphatic rings. The smallest absolute Gasteiger partial charge is 0.191 e. The van der Waals surface area contributed by atoms with Crippen molar-refractivity contribution in [1.29, 1.82) is 0 Å². The minimum atomic E-state index is 0. The predicted octanol–water partition coefficient (Wildman–Crippen LogP) is 4.42. The minimum Gasteiger partial charge on any atom is -0.461 e. The Morgan fingerprint density at radius 1 is 1.07 bits per heavy atom. The molecule has 5 nitrogen and oxygen atoms in total. The fraction of sp³-hybridized carbons (Fsp3) is 0.375. The van der Waals surface area contributed by atoms with Gasteiger partial charge in [-0.3, -0.25) is 9.89 Å². The molecule has 0 atom stereocenters. The van der Waals surface area contributed by atoms with Gasteiger partial charge < -0.3 is 15.1 Å². The van der Waals surface area contributed by atoms with Crippen LogP contribution in [-0.4, -0.2) is 43.6 Å². The molecule has 4 rings (SSSR count). The zero-order valence-electron chi connectivity index (χ0n) is 17.5. The van der Waals surface area contributed by atoms with E-state index in [1.54, 1.807) is 0 Å². The van der Waals surface area contributed by atoms with E-state index in [4.69, 9.17) is 4.42 Å². The molecule has 1 aliphatic heterocycles. The Hall–Kier alpha value is -2.06. The van der Waals surface area contributed by atoms with E-state index in [0.29, 0.717) is 6.04 Å². The monoisotopic (exact) mass is 518 g/mol. The molecular weight excluding hydrogens is 487 g/mol. The van der Waals surface area contributed by atoms with Crippen molar-refractivity contribution in [1.82, 2.24) is 15.5 Å². The summed E-state index contributed by atoms with van der Waals surface area (Å²) < 4.78 is 5.89. The summed E-state index contributed by atoms with van der Waals surface area (Å²) in [5.41, 5.74) is 2.34. The first-order valence-electron chi connectivity index (χ1n) is 10.5. The number of guanidine groups is 1. The topological polar surface area (TPSA) is 52.8 Å². The maximum atomic E-state index is 5.89. The summed E-state index contributed by atoms with van der Waals surface area (Å²) in [7, 11) is 1.83. The van der Waals surface area contributed by atoms with Crippen molar-refractivity contribution in [3.63, 3.8) is 0 Å². The van der Waals surface area contributed by atoms with E-state index in [2.05, 4.69) is 63.0 Å². The molecule has 3 aromatic rings. The maximum absolute atomic E-state index is 5.89. The number of aliphatic imine (C=N–C) groups is 1. The molecule has 30 heavy (non-hydrogen) atoms. The van der Waals surface area contributed by atoms with Crippen LogP contribution in [-0.2, 0) is 13.0 Å². The van der Waals surface area contributed by atoms with E-state index < -0.39 is 0 Å². The Kier molecular flexibility index (Phi) is 8.57. The summed E-state index contributed by atoms with van der Waals surface area (Å²) in [4.78, 5) is 6.93. The number of benzene rings is 2. The molecule has 0 unspecified atom stereocenters. The lowest BCUT2D eigenvalue weighted by atomic mass is 10.0. The number of nitrogens with one attached hydrogen (secondary N) is 2. The number of rotatable bonds is 6. The normalized spacial score (nSPS) is 15.7. The van der Waals surface area contributed by atoms with Crippen LogP contribution in [0.3, 0.4) is 0 Å². The lowest BCUT2D eigenvalue weighted by molar-refractivity contribution is 0.198. The number of piperidine rings is 1. The van der Waals surface area contributed by atoms with Gasteiger partial charge in [-0.1, -0.05) is 48.5 Å². The first kappa shape index (κ1) is 22.6. The van der Waals surface area contributed by atoms with Gasteiger partial charge in [0.2, 0.25) is 0 Å². The van der Waals surface area contributed by atoms with Gasteiger partial charge >= 0.3 is 0 Å². The standard InChI is InChI=1S/C24H30N4O.HI/c1-25-24(26-14-11-22-17-20-9-5-6-10-23(20)29-22)27-21-12-15-28(16-13-21)18-19-7-3-2-4-8-19;/h2-10,17,21H,11-16,18H2,1H3,(H2,25,26,27);1H. The third kappa shape index (κ3) is 6.22. The molecule has 1 fully saturated rings. The van der Waals surface area contributed by atoms with Gasteiger partial charge in [0.15, 0.2) is 5.96 Å². The molecule has 0 saturated carbocycles. The van der Waals surface area contributed by atoms with Crippen molar-refractivity contribution < 1.29 is 4.42 Å². The Morgan fingerprint density at radius 2 is 1.80 bits per heavy atom. The largest absolute Gasteiger partial charge is 0.461 e. The van der Waals surface area contributed by atoms with Gasteiger partial charge in [0.25, 0.3) is 0 Å². The molecule has 0 radical (unpaired) electrons. The van der Waals surface area contributed by atoms with Crippen LogP contribution in [0, 0.1) is 0 Å². The Morgan fingerprint density at radius 3 is 2.53 bits per heavy atom. The summed E-state index contributed by atoms with van der Waals surface area (Å²) in [6.07, 6.45) is 3.11. The fourth-order valence-corrected chi connectivity index (χ4v) is 3.93. The van der Waals surface area contributed by atoms with Crippen molar-refractivity contribution in [2.75, 3.05) is 26.7 Å². The molecule has 2 aromatic carbocycles. The highest BCUT2D eigenvalue weighted by Gasteiger charge is 2.20. The number of fused-ring (bicyclic) bond motifs is 1. The summed E-state index contributed by atoms with van der Waals surface area (Å²) in [5, 5.41) is 8.17. The second kappa shape index (κ2) is 11.4. The number of halogens is 1. The molecule has 0 aliphatic carbocycles. The average molecular weight is 518 g/mol. The van der Waals surface area contributed by atoms with E-state index in [1.807, 2.05) is 25.2 Å². The van der Waals surface area contributed by atoms with Gasteiger partial charge in [-0.25, -0.2) is 0 Å². The van der Waals surface area contributed by atoms with E-state index in [1.165, 1.54) is 5.56 Å². The highest BCUT2D eigenvalue weighted by atomic mass is 127. The SMILES string of the molecule is CN=C(NCCc1cc2ccccc2o1)NC1CCN(Cc2ccccc2)CC1.I. The number of nitrogens with zero attached hydrogens (tertiary/aromatic N) is 2. The zero-order chi connectivity index (χ0) is 19.9. The second-order valence-electron chi connectivity index (χ2n) is 7.68. The summed E-state index contributed by atoms with van der Waals surface area (Å²) >= 11 is 0. The Bertz CT molecular complexity index is 900. The Labute approximate surface area is 196 Å². The molecule has 2 heterocycles. The van der Waals surface area contributed by atoms with Crippen LogP contribution in [0.1, 0.15) is 24.2 Å². The lowest BCUT2D eigenvalue weighted by Crippen LogP contribution is -2.48. The molecule has 0 spiro atoms. The summed E-state index contributed by atoms with van der Waals surface area (Å²) in [6, 6.07) is 21.5. The number of furan rings is 1. The third-order valence-corrected chi connectivity index (χ3v) is 5.54. The van der Waals surface area contributed by atoms with Gasteiger partial charge in [-0.05, 0) is 30.5 Å². The average Bonchev–Trinajstić information content (AvgIpc) is 3.18. The predicted molar refractivity (Wildman–Crippen MR) is 135 cm³/mol. The highest BCUT2D eigenvalue weighted by molar-refractivity contribution is 14.0. The van der Waals surface area contributed by atoms with E-state index in [9.17, 15) is 0 Å². The van der Waals surface area contributed by atoms with Crippen molar-refractivity contribution in [3.8, 4) is 0 Å². The molecule has 160 valence electrons. The van der Waals surface area contributed by atoms with Crippen LogP contribution < -0.4 is 10.6 Å². The van der Waals surface area contributed by atoms with Gasteiger partial charge in [-0.15, -0.1) is 24.0 Å². The number of likely N-dealkylation sites (tertiary alicyclic amines) is 1. The number of hydrogen-bond acceptors (Lipinski definition) is 3. The number of para-hydroxylation sites is 1. The first-order chi connectivity index (χ1) is 14.3. The fourth-order valence-electron chi connectivity index (χ4n) is 3.93. The quantitative estimate of drug-likeness (QED) is 0.288. The lowest BCUT2D eigenvalue weighted by Gasteiger charge is -2.33. The first-order valence-corrected chi connectivity index (χ1v) is 10.5. The van der Waals surface area contributed by atoms with Crippen molar-refractivity contribution in [2.45, 2.75) is 31.8 Å². The summed E-state index contributed by atoms with van der Waals surface area (Å²) in [6.45, 7) is 4.06. The van der Waals surface area contributed by atoms with Crippen LogP contribution in [0.25, 0.3) is 11.0 Å². The van der Waals surface area contributed by atoms with Crippen molar-refractivity contribution in [3.05, 3.63) is 72.0 Å². The maximum Gasteiger partial charge on any atom is 0.191 e. The van der Waals surface area contributed by atoms with Crippen LogP contribution in [0.4, 0.5) is 0 Å². The van der Waals surface area contributed by atoms with Gasteiger partial charge in [-0.2, -0.15) is 0 Å². The van der Waals surface area contributed by atoms with Crippen LogP contribution in [0.15, 0.2) is 70.1 Å². The van der Waals surface area contributed by atoms with Crippen LogP contribution >= 0.6 is 24.0 Å². The molecule has 2 N–H and O–H groups in total. The van der Waals surface area contributed by atoms with Gasteiger partial charge in [0.05, 0.1) is 0 Å². The zero-order valence-corrected chi connectivity index (χ0v) is 19.8. The van der Waals surface area contributed by atoms with E-state index in [0.717, 1.165) is 68.1 Å². The van der Waals surface area contributed by atoms with E-state index in [-0.39, 0.29) is 24.0 Å². The summed E-state index contributed by atoms with van der Waals surface area (Å²) in [5.74, 6) is 1.88. The molecule has 6 heteroatoms. The van der Waals surface area contributed by atoms with Crippen LogP contribution in [0.5, 0.6) is 0 Å². The van der Waals surface area contributed by atoms with Gasteiger partial charge in [0.1, 0.15) is 11.3 Å². The molecular formula is C24H31IN4O.